The lowest BCUT2D eigenvalue weighted by atomic mass is 9.75. The van der Waals surface area contributed by atoms with E-state index in [1.165, 1.54) is 0 Å². The van der Waals surface area contributed by atoms with Gasteiger partial charge in [-0.15, -0.1) is 0 Å². The van der Waals surface area contributed by atoms with Gasteiger partial charge in [-0.1, -0.05) is 35.6 Å². The first kappa shape index (κ1) is 22.4. The van der Waals surface area contributed by atoms with E-state index in [-0.39, 0.29) is 17.9 Å². The molecule has 158 valence electrons. The first-order valence-electron chi connectivity index (χ1n) is 10.2. The molecule has 2 N–H and O–H groups in total. The van der Waals surface area contributed by atoms with Crippen LogP contribution in [0.2, 0.25) is 5.02 Å². The van der Waals surface area contributed by atoms with Crippen LogP contribution in [-0.4, -0.2) is 46.3 Å². The third-order valence-electron chi connectivity index (χ3n) is 5.40. The summed E-state index contributed by atoms with van der Waals surface area (Å²) in [5.41, 5.74) is 0.995. The summed E-state index contributed by atoms with van der Waals surface area (Å²) in [6.45, 7) is 4.47. The predicted molar refractivity (Wildman–Crippen MR) is 119 cm³/mol. The zero-order valence-electron chi connectivity index (χ0n) is 17.5. The minimum atomic E-state index is -1.06. The fourth-order valence-electron chi connectivity index (χ4n) is 3.89. The SMILES string of the molecule is CC(C)(O)C#Cc1ccc(C(=O)N2CCC[C@](CO)(Cc3cccc(Cl)c3)C2)cc1. The number of piperidine rings is 1. The molecule has 30 heavy (non-hydrogen) atoms. The van der Waals surface area contributed by atoms with E-state index < -0.39 is 5.60 Å². The molecule has 0 bridgehead atoms. The van der Waals surface area contributed by atoms with Gasteiger partial charge in [-0.25, -0.2) is 0 Å². The summed E-state index contributed by atoms with van der Waals surface area (Å²) < 4.78 is 0. The van der Waals surface area contributed by atoms with Crippen molar-refractivity contribution in [2.45, 2.75) is 38.7 Å². The quantitative estimate of drug-likeness (QED) is 0.730. The van der Waals surface area contributed by atoms with Gasteiger partial charge in [0, 0.05) is 34.7 Å². The Morgan fingerprint density at radius 1 is 1.23 bits per heavy atom. The molecule has 0 spiro atoms. The third-order valence-corrected chi connectivity index (χ3v) is 5.63. The second-order valence-corrected chi connectivity index (χ2v) is 9.12. The molecule has 1 fully saturated rings. The minimum Gasteiger partial charge on any atom is -0.396 e. The van der Waals surface area contributed by atoms with Gasteiger partial charge in [0.2, 0.25) is 0 Å². The Bertz CT molecular complexity index is 953. The number of hydrogen-bond acceptors (Lipinski definition) is 3. The number of hydrogen-bond donors (Lipinski definition) is 2. The summed E-state index contributed by atoms with van der Waals surface area (Å²) >= 11 is 6.12. The highest BCUT2D eigenvalue weighted by atomic mass is 35.5. The summed E-state index contributed by atoms with van der Waals surface area (Å²) in [5, 5.41) is 20.6. The molecule has 2 aromatic rings. The molecule has 3 rings (SSSR count). The van der Waals surface area contributed by atoms with Crippen molar-refractivity contribution in [1.29, 1.82) is 0 Å². The van der Waals surface area contributed by atoms with Crippen LogP contribution in [0, 0.1) is 17.3 Å². The molecule has 1 aliphatic heterocycles. The number of halogens is 1. The van der Waals surface area contributed by atoms with E-state index in [1.807, 2.05) is 29.2 Å². The highest BCUT2D eigenvalue weighted by molar-refractivity contribution is 6.30. The Kier molecular flexibility index (Phi) is 6.88. The molecule has 2 aromatic carbocycles. The van der Waals surface area contributed by atoms with Gasteiger partial charge in [0.05, 0.1) is 6.61 Å². The topological polar surface area (TPSA) is 60.8 Å². The number of amides is 1. The summed E-state index contributed by atoms with van der Waals surface area (Å²) in [7, 11) is 0. The Balaban J connectivity index is 1.73. The summed E-state index contributed by atoms with van der Waals surface area (Å²) in [5.74, 6) is 5.64. The average molecular weight is 426 g/mol. The first-order chi connectivity index (χ1) is 14.2. The molecule has 4 nitrogen and oxygen atoms in total. The molecule has 0 saturated carbocycles. The van der Waals surface area contributed by atoms with Gasteiger partial charge in [-0.3, -0.25) is 4.79 Å². The fourth-order valence-corrected chi connectivity index (χ4v) is 4.11. The van der Waals surface area contributed by atoms with Crippen molar-refractivity contribution in [2.75, 3.05) is 19.7 Å². The second-order valence-electron chi connectivity index (χ2n) is 8.68. The van der Waals surface area contributed by atoms with E-state index in [0.717, 1.165) is 24.0 Å². The van der Waals surface area contributed by atoms with Gasteiger partial charge in [0.1, 0.15) is 5.60 Å². The Morgan fingerprint density at radius 3 is 2.60 bits per heavy atom. The zero-order chi connectivity index (χ0) is 21.8. The van der Waals surface area contributed by atoms with Crippen LogP contribution in [0.1, 0.15) is 48.2 Å². The van der Waals surface area contributed by atoms with E-state index in [9.17, 15) is 15.0 Å². The summed E-state index contributed by atoms with van der Waals surface area (Å²) in [6.07, 6.45) is 2.40. The molecule has 0 aliphatic carbocycles. The molecule has 0 aromatic heterocycles. The monoisotopic (exact) mass is 425 g/mol. The van der Waals surface area contributed by atoms with Crippen molar-refractivity contribution in [3.8, 4) is 11.8 Å². The van der Waals surface area contributed by atoms with E-state index in [4.69, 9.17) is 11.6 Å². The second kappa shape index (κ2) is 9.22. The number of aliphatic hydroxyl groups is 2. The van der Waals surface area contributed by atoms with Crippen molar-refractivity contribution < 1.29 is 15.0 Å². The first-order valence-corrected chi connectivity index (χ1v) is 10.6. The zero-order valence-corrected chi connectivity index (χ0v) is 18.2. The highest BCUT2D eigenvalue weighted by Crippen LogP contribution is 2.34. The molecular weight excluding hydrogens is 398 g/mol. The molecule has 1 aliphatic rings. The average Bonchev–Trinajstić information content (AvgIpc) is 2.72. The number of benzene rings is 2. The molecule has 1 atom stereocenters. The van der Waals surface area contributed by atoms with Crippen molar-refractivity contribution in [1.82, 2.24) is 4.90 Å². The lowest BCUT2D eigenvalue weighted by Gasteiger charge is -2.42. The van der Waals surface area contributed by atoms with Crippen molar-refractivity contribution >= 4 is 17.5 Å². The number of nitrogens with zero attached hydrogens (tertiary/aromatic N) is 1. The Hall–Kier alpha value is -2.32. The number of likely N-dealkylation sites (tertiary alicyclic amines) is 1. The van der Waals surface area contributed by atoms with Gasteiger partial charge < -0.3 is 15.1 Å². The maximum absolute atomic E-state index is 13.1. The number of rotatable bonds is 4. The smallest absolute Gasteiger partial charge is 0.253 e. The van der Waals surface area contributed by atoms with Crippen molar-refractivity contribution in [3.05, 3.63) is 70.2 Å². The number of aliphatic hydroxyl groups excluding tert-OH is 1. The summed E-state index contributed by atoms with van der Waals surface area (Å²) in [6, 6.07) is 14.8. The van der Waals surface area contributed by atoms with Crippen LogP contribution in [0.3, 0.4) is 0 Å². The minimum absolute atomic E-state index is 0.0226. The van der Waals surface area contributed by atoms with Crippen molar-refractivity contribution in [3.63, 3.8) is 0 Å². The van der Waals surface area contributed by atoms with Crippen LogP contribution < -0.4 is 0 Å². The molecule has 0 radical (unpaired) electrons. The molecule has 1 saturated heterocycles. The van der Waals surface area contributed by atoms with Crippen LogP contribution in [0.5, 0.6) is 0 Å². The van der Waals surface area contributed by atoms with Crippen LogP contribution >= 0.6 is 11.6 Å². The van der Waals surface area contributed by atoms with Crippen molar-refractivity contribution in [2.24, 2.45) is 5.41 Å². The van der Waals surface area contributed by atoms with Gasteiger partial charge >= 0.3 is 0 Å². The maximum Gasteiger partial charge on any atom is 0.253 e. The number of carbonyl (C=O) groups excluding carboxylic acids is 1. The van der Waals surface area contributed by atoms with E-state index in [2.05, 4.69) is 11.8 Å². The molecule has 5 heteroatoms. The normalized spacial score (nSPS) is 19.2. The summed E-state index contributed by atoms with van der Waals surface area (Å²) in [4.78, 5) is 14.9. The number of carbonyl (C=O) groups is 1. The van der Waals surface area contributed by atoms with Crippen LogP contribution in [-0.2, 0) is 6.42 Å². The maximum atomic E-state index is 13.1. The van der Waals surface area contributed by atoms with Gasteiger partial charge in [-0.05, 0) is 75.1 Å². The standard InChI is InChI=1S/C25H28ClNO3/c1-24(2,30)13-11-19-7-9-21(10-8-19)23(29)27-14-4-12-25(17-27,18-28)16-20-5-3-6-22(26)15-20/h3,5-10,15,28,30H,4,12,14,16-18H2,1-2H3/t25-/m0/s1. The molecule has 1 amide bonds. The van der Waals surface area contributed by atoms with Gasteiger partial charge in [-0.2, -0.15) is 0 Å². The Labute approximate surface area is 183 Å². The predicted octanol–water partition coefficient (Wildman–Crippen LogP) is 3.92. The van der Waals surface area contributed by atoms with E-state index in [0.29, 0.717) is 30.1 Å². The molecule has 1 heterocycles. The van der Waals surface area contributed by atoms with Crippen LogP contribution in [0.25, 0.3) is 0 Å². The van der Waals surface area contributed by atoms with Gasteiger partial charge in [0.15, 0.2) is 0 Å². The van der Waals surface area contributed by atoms with Crippen LogP contribution in [0.4, 0.5) is 0 Å². The molecular formula is C25H28ClNO3. The Morgan fingerprint density at radius 2 is 1.97 bits per heavy atom. The van der Waals surface area contributed by atoms with E-state index in [1.54, 1.807) is 38.1 Å². The lowest BCUT2D eigenvalue weighted by molar-refractivity contribution is 0.0271. The third kappa shape index (κ3) is 5.86. The fraction of sp³-hybridized carbons (Fsp3) is 0.400. The molecule has 0 unspecified atom stereocenters. The van der Waals surface area contributed by atoms with Crippen LogP contribution in [0.15, 0.2) is 48.5 Å². The largest absolute Gasteiger partial charge is 0.396 e. The highest BCUT2D eigenvalue weighted by Gasteiger charge is 2.37. The lowest BCUT2D eigenvalue weighted by Crippen LogP contribution is -2.49. The van der Waals surface area contributed by atoms with Gasteiger partial charge in [0.25, 0.3) is 5.91 Å². The van der Waals surface area contributed by atoms with E-state index >= 15 is 0 Å².